The van der Waals surface area contributed by atoms with Gasteiger partial charge >= 0.3 is 5.97 Å². The van der Waals surface area contributed by atoms with Crippen LogP contribution in [-0.4, -0.2) is 18.3 Å². The summed E-state index contributed by atoms with van der Waals surface area (Å²) in [5, 5.41) is 0. The first-order valence-corrected chi connectivity index (χ1v) is 5.85. The summed E-state index contributed by atoms with van der Waals surface area (Å²) >= 11 is 1.12. The molecule has 0 radical (unpaired) electrons. The molecule has 2 nitrogen and oxygen atoms in total. The maximum absolute atomic E-state index is 12.8. The van der Waals surface area contributed by atoms with Gasteiger partial charge in [0.1, 0.15) is 0 Å². The number of esters is 1. The Morgan fingerprint density at radius 2 is 2.12 bits per heavy atom. The first-order valence-electron chi connectivity index (χ1n) is 4.87. The van der Waals surface area contributed by atoms with Crippen LogP contribution in [0.5, 0.6) is 0 Å². The lowest BCUT2D eigenvalue weighted by molar-refractivity contribution is -0.140. The molecule has 0 aliphatic heterocycles. The molecule has 1 rings (SSSR count). The SMILES string of the molecule is CCCOC(=O)CSc1ccc(F)c(F)c1. The Morgan fingerprint density at radius 1 is 1.38 bits per heavy atom. The molecule has 0 aliphatic rings. The number of thioether (sulfide) groups is 1. The zero-order valence-corrected chi connectivity index (χ0v) is 9.65. The molecule has 5 heteroatoms. The molecule has 0 N–H and O–H groups in total. The van der Waals surface area contributed by atoms with E-state index in [2.05, 4.69) is 0 Å². The smallest absolute Gasteiger partial charge is 0.316 e. The third-order valence-electron chi connectivity index (χ3n) is 1.71. The minimum absolute atomic E-state index is 0.102. The number of carbonyl (C=O) groups is 1. The first kappa shape index (κ1) is 13.0. The summed E-state index contributed by atoms with van der Waals surface area (Å²) in [6.45, 7) is 2.28. The van der Waals surface area contributed by atoms with Crippen LogP contribution < -0.4 is 0 Å². The van der Waals surface area contributed by atoms with Crippen molar-refractivity contribution in [1.82, 2.24) is 0 Å². The molecule has 0 fully saturated rings. The number of ether oxygens (including phenoxy) is 1. The molecule has 0 saturated carbocycles. The highest BCUT2D eigenvalue weighted by atomic mass is 32.2. The Hall–Kier alpha value is -1.10. The highest BCUT2D eigenvalue weighted by molar-refractivity contribution is 8.00. The summed E-state index contributed by atoms with van der Waals surface area (Å²) < 4.78 is 30.2. The molecule has 0 saturated heterocycles. The van der Waals surface area contributed by atoms with Crippen LogP contribution in [0.15, 0.2) is 23.1 Å². The minimum atomic E-state index is -0.910. The Labute approximate surface area is 97.0 Å². The van der Waals surface area contributed by atoms with Gasteiger partial charge in [-0.2, -0.15) is 0 Å². The molecule has 0 amide bonds. The molecule has 0 unspecified atom stereocenters. The van der Waals surface area contributed by atoms with E-state index >= 15 is 0 Å². The minimum Gasteiger partial charge on any atom is -0.465 e. The number of halogens is 2. The summed E-state index contributed by atoms with van der Waals surface area (Å²) in [5.74, 6) is -2.05. The van der Waals surface area contributed by atoms with E-state index in [4.69, 9.17) is 4.74 Å². The van der Waals surface area contributed by atoms with E-state index in [1.54, 1.807) is 0 Å². The zero-order valence-electron chi connectivity index (χ0n) is 8.83. The van der Waals surface area contributed by atoms with Gasteiger partial charge in [-0.1, -0.05) is 6.92 Å². The monoisotopic (exact) mass is 246 g/mol. The number of hydrogen-bond donors (Lipinski definition) is 0. The van der Waals surface area contributed by atoms with Gasteiger partial charge in [0, 0.05) is 4.90 Å². The molecule has 0 atom stereocenters. The fourth-order valence-corrected chi connectivity index (χ4v) is 1.69. The van der Waals surface area contributed by atoms with Crippen molar-refractivity contribution in [3.8, 4) is 0 Å². The van der Waals surface area contributed by atoms with Gasteiger partial charge in [0.2, 0.25) is 0 Å². The second kappa shape index (κ2) is 6.48. The lowest BCUT2D eigenvalue weighted by Gasteiger charge is -2.03. The maximum Gasteiger partial charge on any atom is 0.316 e. The van der Waals surface area contributed by atoms with Gasteiger partial charge in [0.15, 0.2) is 11.6 Å². The number of carbonyl (C=O) groups excluding carboxylic acids is 1. The second-order valence-electron chi connectivity index (χ2n) is 3.09. The van der Waals surface area contributed by atoms with E-state index < -0.39 is 11.6 Å². The van der Waals surface area contributed by atoms with Crippen LogP contribution in [0.25, 0.3) is 0 Å². The fourth-order valence-electron chi connectivity index (χ4n) is 0.966. The topological polar surface area (TPSA) is 26.3 Å². The van der Waals surface area contributed by atoms with Crippen LogP contribution in [0.3, 0.4) is 0 Å². The standard InChI is InChI=1S/C11H12F2O2S/c1-2-5-15-11(14)7-16-8-3-4-9(12)10(13)6-8/h3-4,6H,2,5,7H2,1H3. The fraction of sp³-hybridized carbons (Fsp3) is 0.364. The normalized spacial score (nSPS) is 10.2. The molecular weight excluding hydrogens is 234 g/mol. The average Bonchev–Trinajstić information content (AvgIpc) is 2.28. The largest absolute Gasteiger partial charge is 0.465 e. The van der Waals surface area contributed by atoms with E-state index in [9.17, 15) is 13.6 Å². The van der Waals surface area contributed by atoms with Crippen LogP contribution in [0.2, 0.25) is 0 Å². The van der Waals surface area contributed by atoms with E-state index in [1.165, 1.54) is 6.07 Å². The summed E-state index contributed by atoms with van der Waals surface area (Å²) in [5.41, 5.74) is 0. The van der Waals surface area contributed by atoms with Crippen LogP contribution in [0.4, 0.5) is 8.78 Å². The Kier molecular flexibility index (Phi) is 5.25. The third-order valence-corrected chi connectivity index (χ3v) is 2.68. The van der Waals surface area contributed by atoms with Crippen LogP contribution in [0.1, 0.15) is 13.3 Å². The van der Waals surface area contributed by atoms with Crippen molar-refractivity contribution in [2.24, 2.45) is 0 Å². The Morgan fingerprint density at radius 3 is 2.75 bits per heavy atom. The number of hydrogen-bond acceptors (Lipinski definition) is 3. The van der Waals surface area contributed by atoms with E-state index in [-0.39, 0.29) is 11.7 Å². The third kappa shape index (κ3) is 4.18. The molecule has 0 bridgehead atoms. The van der Waals surface area contributed by atoms with Crippen molar-refractivity contribution in [3.63, 3.8) is 0 Å². The van der Waals surface area contributed by atoms with Gasteiger partial charge in [-0.05, 0) is 24.6 Å². The summed E-state index contributed by atoms with van der Waals surface area (Å²) in [6.07, 6.45) is 0.765. The van der Waals surface area contributed by atoms with Gasteiger partial charge in [-0.25, -0.2) is 8.78 Å². The second-order valence-corrected chi connectivity index (χ2v) is 4.13. The predicted molar refractivity (Wildman–Crippen MR) is 58.3 cm³/mol. The van der Waals surface area contributed by atoms with E-state index in [0.29, 0.717) is 11.5 Å². The quantitative estimate of drug-likeness (QED) is 0.590. The predicted octanol–water partition coefficient (Wildman–Crippen LogP) is 3.01. The van der Waals surface area contributed by atoms with Crippen LogP contribution in [-0.2, 0) is 9.53 Å². The highest BCUT2D eigenvalue weighted by Crippen LogP contribution is 2.20. The Bertz CT molecular complexity index is 369. The molecule has 16 heavy (non-hydrogen) atoms. The van der Waals surface area contributed by atoms with E-state index in [0.717, 1.165) is 30.3 Å². The highest BCUT2D eigenvalue weighted by Gasteiger charge is 2.06. The van der Waals surface area contributed by atoms with Gasteiger partial charge in [0.25, 0.3) is 0 Å². The van der Waals surface area contributed by atoms with Crippen molar-refractivity contribution in [1.29, 1.82) is 0 Å². The van der Waals surface area contributed by atoms with Crippen molar-refractivity contribution >= 4 is 17.7 Å². The summed E-state index contributed by atoms with van der Waals surface area (Å²) in [4.78, 5) is 11.6. The lowest BCUT2D eigenvalue weighted by Crippen LogP contribution is -2.07. The molecular formula is C11H12F2O2S. The number of rotatable bonds is 5. The van der Waals surface area contributed by atoms with Crippen LogP contribution >= 0.6 is 11.8 Å². The van der Waals surface area contributed by atoms with Crippen molar-refractivity contribution in [2.45, 2.75) is 18.2 Å². The van der Waals surface area contributed by atoms with Gasteiger partial charge in [-0.3, -0.25) is 4.79 Å². The first-order chi connectivity index (χ1) is 7.63. The number of benzene rings is 1. The van der Waals surface area contributed by atoms with Crippen molar-refractivity contribution in [3.05, 3.63) is 29.8 Å². The van der Waals surface area contributed by atoms with Gasteiger partial charge < -0.3 is 4.74 Å². The molecule has 0 heterocycles. The maximum atomic E-state index is 12.8. The summed E-state index contributed by atoms with van der Waals surface area (Å²) in [7, 11) is 0. The van der Waals surface area contributed by atoms with Gasteiger partial charge in [0.05, 0.1) is 12.4 Å². The average molecular weight is 246 g/mol. The molecule has 88 valence electrons. The molecule has 1 aromatic rings. The lowest BCUT2D eigenvalue weighted by atomic mass is 10.3. The summed E-state index contributed by atoms with van der Waals surface area (Å²) in [6, 6.07) is 3.53. The molecule has 1 aromatic carbocycles. The molecule has 0 aromatic heterocycles. The Balaban J connectivity index is 2.42. The molecule has 0 spiro atoms. The molecule has 0 aliphatic carbocycles. The van der Waals surface area contributed by atoms with Crippen molar-refractivity contribution in [2.75, 3.05) is 12.4 Å². The van der Waals surface area contributed by atoms with Gasteiger partial charge in [-0.15, -0.1) is 11.8 Å². The van der Waals surface area contributed by atoms with Crippen LogP contribution in [0, 0.1) is 11.6 Å². The zero-order chi connectivity index (χ0) is 12.0. The van der Waals surface area contributed by atoms with Crippen molar-refractivity contribution < 1.29 is 18.3 Å². The van der Waals surface area contributed by atoms with E-state index in [1.807, 2.05) is 6.92 Å².